The molecule has 3 heterocycles. The summed E-state index contributed by atoms with van der Waals surface area (Å²) in [6.45, 7) is 4.06. The molecule has 112 valence electrons. The van der Waals surface area contributed by atoms with E-state index in [0.29, 0.717) is 0 Å². The van der Waals surface area contributed by atoms with Gasteiger partial charge in [0.1, 0.15) is 5.52 Å². The Morgan fingerprint density at radius 3 is 2.68 bits per heavy atom. The molecule has 0 unspecified atom stereocenters. The van der Waals surface area contributed by atoms with E-state index in [9.17, 15) is 0 Å². The second kappa shape index (κ2) is 5.38. The van der Waals surface area contributed by atoms with Crippen molar-refractivity contribution < 1.29 is 0 Å². The zero-order chi connectivity index (χ0) is 15.1. The van der Waals surface area contributed by atoms with Crippen LogP contribution in [0.5, 0.6) is 0 Å². The van der Waals surface area contributed by atoms with E-state index in [0.717, 1.165) is 58.8 Å². The molecule has 3 aromatic rings. The van der Waals surface area contributed by atoms with Crippen molar-refractivity contribution in [3.8, 4) is 0 Å². The maximum absolute atomic E-state index is 6.16. The molecule has 0 N–H and O–H groups in total. The lowest BCUT2D eigenvalue weighted by atomic mass is 10.1. The van der Waals surface area contributed by atoms with Crippen LogP contribution in [0, 0.1) is 0 Å². The predicted molar refractivity (Wildman–Crippen MR) is 91.8 cm³/mol. The van der Waals surface area contributed by atoms with E-state index in [4.69, 9.17) is 16.6 Å². The summed E-state index contributed by atoms with van der Waals surface area (Å²) in [7, 11) is 2.16. The number of benzene rings is 1. The first-order valence-corrected chi connectivity index (χ1v) is 7.88. The minimum absolute atomic E-state index is 0.729. The van der Waals surface area contributed by atoms with Crippen molar-refractivity contribution in [1.29, 1.82) is 0 Å². The normalized spacial score (nSPS) is 16.5. The molecule has 22 heavy (non-hydrogen) atoms. The molecular formula is C17H17ClN4. The molecule has 0 amide bonds. The van der Waals surface area contributed by atoms with Crippen LogP contribution < -0.4 is 4.90 Å². The van der Waals surface area contributed by atoms with E-state index in [2.05, 4.69) is 27.9 Å². The van der Waals surface area contributed by atoms with Gasteiger partial charge in [0.2, 0.25) is 0 Å². The lowest BCUT2D eigenvalue weighted by Gasteiger charge is -2.33. The van der Waals surface area contributed by atoms with Crippen LogP contribution in [-0.2, 0) is 0 Å². The molecule has 1 saturated heterocycles. The van der Waals surface area contributed by atoms with E-state index in [1.54, 1.807) is 0 Å². The van der Waals surface area contributed by atoms with Crippen molar-refractivity contribution in [2.24, 2.45) is 0 Å². The van der Waals surface area contributed by atoms with Gasteiger partial charge in [0.25, 0.3) is 0 Å². The Balaban J connectivity index is 1.95. The maximum Gasteiger partial charge on any atom is 0.155 e. The zero-order valence-corrected chi connectivity index (χ0v) is 13.2. The number of piperazine rings is 1. The van der Waals surface area contributed by atoms with Gasteiger partial charge in [0.05, 0.1) is 5.52 Å². The van der Waals surface area contributed by atoms with Gasteiger partial charge < -0.3 is 9.80 Å². The van der Waals surface area contributed by atoms with Gasteiger partial charge in [-0.3, -0.25) is 4.98 Å². The van der Waals surface area contributed by atoms with Crippen LogP contribution in [0.2, 0.25) is 5.02 Å². The van der Waals surface area contributed by atoms with Crippen molar-refractivity contribution in [3.63, 3.8) is 0 Å². The molecule has 0 spiro atoms. The van der Waals surface area contributed by atoms with E-state index < -0.39 is 0 Å². The molecule has 1 aliphatic heterocycles. The summed E-state index contributed by atoms with van der Waals surface area (Å²) >= 11 is 6.16. The SMILES string of the molecule is CN1CCN(c2nc3ccc(Cl)cc3c3cccnc23)CC1. The molecular weight excluding hydrogens is 296 g/mol. The van der Waals surface area contributed by atoms with Gasteiger partial charge in [-0.05, 0) is 31.3 Å². The van der Waals surface area contributed by atoms with E-state index in [1.807, 2.05) is 30.5 Å². The average Bonchev–Trinajstić information content (AvgIpc) is 2.55. The molecule has 0 saturated carbocycles. The van der Waals surface area contributed by atoms with Crippen molar-refractivity contribution in [2.45, 2.75) is 0 Å². The van der Waals surface area contributed by atoms with Crippen LogP contribution in [0.25, 0.3) is 21.8 Å². The fourth-order valence-corrected chi connectivity index (χ4v) is 3.20. The number of hydrogen-bond donors (Lipinski definition) is 0. The van der Waals surface area contributed by atoms with Crippen LogP contribution >= 0.6 is 11.6 Å². The number of halogens is 1. The highest BCUT2D eigenvalue weighted by Crippen LogP contribution is 2.31. The highest BCUT2D eigenvalue weighted by atomic mass is 35.5. The summed E-state index contributed by atoms with van der Waals surface area (Å²) in [5.41, 5.74) is 1.93. The third-order valence-corrected chi connectivity index (χ3v) is 4.53. The molecule has 4 nitrogen and oxygen atoms in total. The fourth-order valence-electron chi connectivity index (χ4n) is 3.03. The standard InChI is InChI=1S/C17H17ClN4/c1-21-7-9-22(10-8-21)17-16-13(3-2-6-19-16)14-11-12(18)4-5-15(14)20-17/h2-6,11H,7-10H2,1H3. The molecule has 1 aliphatic rings. The molecule has 2 aromatic heterocycles. The third-order valence-electron chi connectivity index (χ3n) is 4.30. The topological polar surface area (TPSA) is 32.3 Å². The Hall–Kier alpha value is -1.91. The second-order valence-corrected chi connectivity index (χ2v) is 6.22. The number of aromatic nitrogens is 2. The van der Waals surface area contributed by atoms with Crippen molar-refractivity contribution in [2.75, 3.05) is 38.1 Å². The van der Waals surface area contributed by atoms with Crippen LogP contribution in [-0.4, -0.2) is 48.1 Å². The monoisotopic (exact) mass is 312 g/mol. The van der Waals surface area contributed by atoms with Crippen molar-refractivity contribution >= 4 is 39.2 Å². The fraction of sp³-hybridized carbons (Fsp3) is 0.294. The number of likely N-dealkylation sites (N-methyl/N-ethyl adjacent to an activating group) is 1. The Labute approximate surface area is 134 Å². The van der Waals surface area contributed by atoms with E-state index in [-0.39, 0.29) is 0 Å². The van der Waals surface area contributed by atoms with Crippen molar-refractivity contribution in [3.05, 3.63) is 41.6 Å². The third kappa shape index (κ3) is 2.28. The van der Waals surface area contributed by atoms with Gasteiger partial charge in [0.15, 0.2) is 5.82 Å². The van der Waals surface area contributed by atoms with E-state index >= 15 is 0 Å². The quantitative estimate of drug-likeness (QED) is 0.646. The molecule has 0 radical (unpaired) electrons. The van der Waals surface area contributed by atoms with E-state index in [1.165, 1.54) is 0 Å². The molecule has 4 rings (SSSR count). The summed E-state index contributed by atoms with van der Waals surface area (Å²) in [6.07, 6.45) is 1.83. The minimum atomic E-state index is 0.729. The highest BCUT2D eigenvalue weighted by Gasteiger charge is 2.19. The number of hydrogen-bond acceptors (Lipinski definition) is 4. The van der Waals surface area contributed by atoms with Gasteiger partial charge in [0, 0.05) is 48.2 Å². The highest BCUT2D eigenvalue weighted by molar-refractivity contribution is 6.31. The second-order valence-electron chi connectivity index (χ2n) is 5.79. The number of pyridine rings is 2. The maximum atomic E-state index is 6.16. The number of fused-ring (bicyclic) bond motifs is 3. The Bertz CT molecular complexity index is 841. The first-order chi connectivity index (χ1) is 10.7. The van der Waals surface area contributed by atoms with Gasteiger partial charge in [-0.15, -0.1) is 0 Å². The molecule has 0 atom stereocenters. The summed E-state index contributed by atoms with van der Waals surface area (Å²) in [4.78, 5) is 14.2. The number of rotatable bonds is 1. The summed E-state index contributed by atoms with van der Waals surface area (Å²) in [5, 5.41) is 2.91. The number of anilines is 1. The van der Waals surface area contributed by atoms with Crippen LogP contribution in [0.3, 0.4) is 0 Å². The Morgan fingerprint density at radius 2 is 1.86 bits per heavy atom. The predicted octanol–water partition coefficient (Wildman–Crippen LogP) is 3.19. The molecule has 0 bridgehead atoms. The summed E-state index contributed by atoms with van der Waals surface area (Å²) < 4.78 is 0. The smallest absolute Gasteiger partial charge is 0.155 e. The average molecular weight is 313 g/mol. The van der Waals surface area contributed by atoms with Gasteiger partial charge in [-0.1, -0.05) is 17.7 Å². The largest absolute Gasteiger partial charge is 0.352 e. The minimum Gasteiger partial charge on any atom is -0.352 e. The Kier molecular flexibility index (Phi) is 3.36. The first kappa shape index (κ1) is 13.7. The lowest BCUT2D eigenvalue weighted by molar-refractivity contribution is 0.312. The summed E-state index contributed by atoms with van der Waals surface area (Å²) in [6, 6.07) is 9.93. The summed E-state index contributed by atoms with van der Waals surface area (Å²) in [5.74, 6) is 0.985. The van der Waals surface area contributed by atoms with Gasteiger partial charge in [-0.2, -0.15) is 0 Å². The van der Waals surface area contributed by atoms with Crippen LogP contribution in [0.1, 0.15) is 0 Å². The van der Waals surface area contributed by atoms with Crippen molar-refractivity contribution in [1.82, 2.24) is 14.9 Å². The lowest BCUT2D eigenvalue weighted by Crippen LogP contribution is -2.45. The zero-order valence-electron chi connectivity index (χ0n) is 12.5. The molecule has 0 aliphatic carbocycles. The van der Waals surface area contributed by atoms with Gasteiger partial charge in [-0.25, -0.2) is 4.98 Å². The molecule has 1 aromatic carbocycles. The Morgan fingerprint density at radius 1 is 1.05 bits per heavy atom. The first-order valence-electron chi connectivity index (χ1n) is 7.50. The van der Waals surface area contributed by atoms with Crippen LogP contribution in [0.4, 0.5) is 5.82 Å². The van der Waals surface area contributed by atoms with Gasteiger partial charge >= 0.3 is 0 Å². The number of nitrogens with zero attached hydrogens (tertiary/aromatic N) is 4. The molecule has 1 fully saturated rings. The molecule has 5 heteroatoms. The van der Waals surface area contributed by atoms with Crippen LogP contribution in [0.15, 0.2) is 36.5 Å².